The van der Waals surface area contributed by atoms with E-state index in [9.17, 15) is 14.7 Å². The molecular weight excluding hydrogens is 244 g/mol. The summed E-state index contributed by atoms with van der Waals surface area (Å²) in [6.07, 6.45) is 0.217. The van der Waals surface area contributed by atoms with E-state index < -0.39 is 17.1 Å². The van der Waals surface area contributed by atoms with Gasteiger partial charge >= 0.3 is 5.69 Å². The lowest BCUT2D eigenvalue weighted by atomic mass is 10.1. The van der Waals surface area contributed by atoms with Gasteiger partial charge in [0.2, 0.25) is 5.88 Å². The van der Waals surface area contributed by atoms with Gasteiger partial charge in [-0.2, -0.15) is 0 Å². The number of hydrogen-bond acceptors (Lipinski definition) is 3. The number of aromatic amines is 2. The molecule has 3 N–H and O–H groups in total. The molecule has 1 heterocycles. The summed E-state index contributed by atoms with van der Waals surface area (Å²) in [4.78, 5) is 26.5. The van der Waals surface area contributed by atoms with Gasteiger partial charge < -0.3 is 5.11 Å². The Bertz CT molecular complexity index is 643. The fourth-order valence-corrected chi connectivity index (χ4v) is 1.60. The summed E-state index contributed by atoms with van der Waals surface area (Å²) >= 11 is 5.73. The summed E-state index contributed by atoms with van der Waals surface area (Å²) in [6.45, 7) is 0. The van der Waals surface area contributed by atoms with Crippen LogP contribution < -0.4 is 11.2 Å². The van der Waals surface area contributed by atoms with Gasteiger partial charge in [0.25, 0.3) is 5.56 Å². The zero-order valence-electron chi connectivity index (χ0n) is 8.66. The molecule has 1 aromatic heterocycles. The van der Waals surface area contributed by atoms with Crippen molar-refractivity contribution in [2.75, 3.05) is 0 Å². The zero-order valence-corrected chi connectivity index (χ0v) is 9.41. The predicted molar refractivity (Wildman–Crippen MR) is 63.6 cm³/mol. The average Bonchev–Trinajstić information content (AvgIpc) is 2.26. The van der Waals surface area contributed by atoms with Crippen molar-refractivity contribution >= 4 is 11.6 Å². The van der Waals surface area contributed by atoms with Gasteiger partial charge in [-0.3, -0.25) is 14.8 Å². The van der Waals surface area contributed by atoms with Crippen LogP contribution in [-0.4, -0.2) is 15.1 Å². The standard InChI is InChI=1S/C11H9ClN2O3/c12-7-3-1-6(2-4-7)5-8-9(15)13-11(17)14-10(8)16/h1-4H,5H2,(H3,13,14,15,16,17). The number of rotatable bonds is 2. The molecule has 0 fully saturated rings. The minimum atomic E-state index is -0.729. The average molecular weight is 253 g/mol. The number of aromatic nitrogens is 2. The fraction of sp³-hybridized carbons (Fsp3) is 0.0909. The first-order valence-corrected chi connectivity index (χ1v) is 5.23. The number of benzene rings is 1. The molecule has 0 amide bonds. The molecule has 5 nitrogen and oxygen atoms in total. The Hall–Kier alpha value is -2.01. The van der Waals surface area contributed by atoms with Gasteiger partial charge in [-0.25, -0.2) is 4.79 Å². The van der Waals surface area contributed by atoms with E-state index in [2.05, 4.69) is 9.97 Å². The Labute approximate surface area is 101 Å². The molecule has 0 aliphatic rings. The van der Waals surface area contributed by atoms with Crippen molar-refractivity contribution in [1.82, 2.24) is 9.97 Å². The second-order valence-corrected chi connectivity index (χ2v) is 3.98. The maximum absolute atomic E-state index is 11.5. The molecule has 0 radical (unpaired) electrons. The van der Waals surface area contributed by atoms with Gasteiger partial charge in [-0.1, -0.05) is 23.7 Å². The van der Waals surface area contributed by atoms with Crippen molar-refractivity contribution in [2.45, 2.75) is 6.42 Å². The molecular formula is C11H9ClN2O3. The maximum atomic E-state index is 11.5. The van der Waals surface area contributed by atoms with Gasteiger partial charge in [0.05, 0.1) is 5.56 Å². The van der Waals surface area contributed by atoms with Gasteiger partial charge in [0, 0.05) is 11.4 Å². The summed E-state index contributed by atoms with van der Waals surface area (Å²) in [5.74, 6) is -0.409. The molecule has 2 rings (SSSR count). The van der Waals surface area contributed by atoms with Crippen molar-refractivity contribution in [3.63, 3.8) is 0 Å². The van der Waals surface area contributed by atoms with E-state index in [4.69, 9.17) is 11.6 Å². The highest BCUT2D eigenvalue weighted by Gasteiger charge is 2.09. The van der Waals surface area contributed by atoms with E-state index in [-0.39, 0.29) is 12.0 Å². The Morgan fingerprint density at radius 2 is 1.76 bits per heavy atom. The van der Waals surface area contributed by atoms with Crippen LogP contribution in [0.4, 0.5) is 0 Å². The Kier molecular flexibility index (Phi) is 3.01. The van der Waals surface area contributed by atoms with E-state index >= 15 is 0 Å². The number of nitrogens with one attached hydrogen (secondary N) is 2. The first-order valence-electron chi connectivity index (χ1n) is 4.85. The molecule has 0 spiro atoms. The van der Waals surface area contributed by atoms with E-state index in [0.717, 1.165) is 5.56 Å². The van der Waals surface area contributed by atoms with Crippen LogP contribution in [-0.2, 0) is 6.42 Å². The second-order valence-electron chi connectivity index (χ2n) is 3.54. The van der Waals surface area contributed by atoms with Crippen LogP contribution in [0.1, 0.15) is 11.1 Å². The lowest BCUT2D eigenvalue weighted by molar-refractivity contribution is 0.441. The zero-order chi connectivity index (χ0) is 12.4. The molecule has 0 aliphatic heterocycles. The van der Waals surface area contributed by atoms with E-state index in [1.54, 1.807) is 24.3 Å². The number of H-pyrrole nitrogens is 2. The van der Waals surface area contributed by atoms with Crippen molar-refractivity contribution in [3.05, 3.63) is 61.3 Å². The molecule has 0 saturated heterocycles. The molecule has 0 atom stereocenters. The summed E-state index contributed by atoms with van der Waals surface area (Å²) in [5.41, 5.74) is -0.400. The van der Waals surface area contributed by atoms with Crippen molar-refractivity contribution in [3.8, 4) is 5.88 Å². The third-order valence-corrected chi connectivity index (χ3v) is 2.57. The minimum Gasteiger partial charge on any atom is -0.494 e. The summed E-state index contributed by atoms with van der Waals surface area (Å²) in [7, 11) is 0. The van der Waals surface area contributed by atoms with Crippen LogP contribution in [0.25, 0.3) is 0 Å². The Balaban J connectivity index is 2.40. The van der Waals surface area contributed by atoms with Gasteiger partial charge in [-0.05, 0) is 17.7 Å². The highest BCUT2D eigenvalue weighted by atomic mass is 35.5. The quantitative estimate of drug-likeness (QED) is 0.746. The summed E-state index contributed by atoms with van der Waals surface area (Å²) < 4.78 is 0. The summed E-state index contributed by atoms with van der Waals surface area (Å²) in [6, 6.07) is 6.86. The molecule has 88 valence electrons. The number of halogens is 1. The SMILES string of the molecule is O=c1[nH]c(O)c(Cc2ccc(Cl)cc2)c(=O)[nH]1. The molecule has 0 unspecified atom stereocenters. The second kappa shape index (κ2) is 4.47. The fourth-order valence-electron chi connectivity index (χ4n) is 1.47. The number of hydrogen-bond donors (Lipinski definition) is 3. The van der Waals surface area contributed by atoms with Crippen molar-refractivity contribution in [2.24, 2.45) is 0 Å². The van der Waals surface area contributed by atoms with Crippen LogP contribution >= 0.6 is 11.6 Å². The van der Waals surface area contributed by atoms with Crippen molar-refractivity contribution < 1.29 is 5.11 Å². The smallest absolute Gasteiger partial charge is 0.328 e. The maximum Gasteiger partial charge on any atom is 0.328 e. The van der Waals surface area contributed by atoms with Crippen LogP contribution in [0.5, 0.6) is 5.88 Å². The van der Waals surface area contributed by atoms with Crippen LogP contribution in [0.15, 0.2) is 33.9 Å². The van der Waals surface area contributed by atoms with E-state index in [1.807, 2.05) is 0 Å². The van der Waals surface area contributed by atoms with E-state index in [1.165, 1.54) is 0 Å². The molecule has 0 bridgehead atoms. The first kappa shape index (κ1) is 11.5. The van der Waals surface area contributed by atoms with Crippen LogP contribution in [0, 0.1) is 0 Å². The predicted octanol–water partition coefficient (Wildman–Crippen LogP) is 1.01. The van der Waals surface area contributed by atoms with Crippen LogP contribution in [0.3, 0.4) is 0 Å². The Morgan fingerprint density at radius 1 is 1.12 bits per heavy atom. The van der Waals surface area contributed by atoms with Gasteiger partial charge in [0.1, 0.15) is 0 Å². The molecule has 1 aromatic carbocycles. The lowest BCUT2D eigenvalue weighted by Gasteiger charge is -2.03. The molecule has 0 aliphatic carbocycles. The monoisotopic (exact) mass is 252 g/mol. The third kappa shape index (κ3) is 2.57. The van der Waals surface area contributed by atoms with Gasteiger partial charge in [0.15, 0.2) is 0 Å². The molecule has 17 heavy (non-hydrogen) atoms. The highest BCUT2D eigenvalue weighted by molar-refractivity contribution is 6.30. The highest BCUT2D eigenvalue weighted by Crippen LogP contribution is 2.15. The topological polar surface area (TPSA) is 85.9 Å². The molecule has 0 saturated carbocycles. The summed E-state index contributed by atoms with van der Waals surface area (Å²) in [5, 5.41) is 10.1. The lowest BCUT2D eigenvalue weighted by Crippen LogP contribution is -2.25. The van der Waals surface area contributed by atoms with Crippen LogP contribution in [0.2, 0.25) is 5.02 Å². The normalized spacial score (nSPS) is 10.4. The largest absolute Gasteiger partial charge is 0.494 e. The van der Waals surface area contributed by atoms with Gasteiger partial charge in [-0.15, -0.1) is 0 Å². The minimum absolute atomic E-state index is 0.118. The first-order chi connectivity index (χ1) is 8.06. The van der Waals surface area contributed by atoms with Crippen molar-refractivity contribution in [1.29, 1.82) is 0 Å². The molecule has 2 aromatic rings. The molecule has 6 heteroatoms. The Morgan fingerprint density at radius 3 is 2.35 bits per heavy atom. The number of aromatic hydroxyl groups is 1. The van der Waals surface area contributed by atoms with E-state index in [0.29, 0.717) is 5.02 Å². The third-order valence-electron chi connectivity index (χ3n) is 2.31.